The van der Waals surface area contributed by atoms with Gasteiger partial charge in [-0.3, -0.25) is 4.79 Å². The molecule has 1 aromatic heterocycles. The average molecular weight is 423 g/mol. The van der Waals surface area contributed by atoms with Gasteiger partial charge in [0.25, 0.3) is 5.56 Å². The van der Waals surface area contributed by atoms with Gasteiger partial charge in [-0.1, -0.05) is 11.6 Å². The minimum absolute atomic E-state index is 0.0145. The maximum Gasteiger partial charge on any atom is 0.419 e. The lowest BCUT2D eigenvalue weighted by Gasteiger charge is -2.16. The van der Waals surface area contributed by atoms with E-state index in [0.29, 0.717) is 4.68 Å². The number of rotatable bonds is 5. The molecule has 0 fully saturated rings. The highest BCUT2D eigenvalue weighted by Gasteiger charge is 2.38. The number of alkyl halides is 3. The summed E-state index contributed by atoms with van der Waals surface area (Å²) >= 11 is 5.89. The van der Waals surface area contributed by atoms with Crippen molar-refractivity contribution >= 4 is 17.6 Å². The predicted molar refractivity (Wildman–Crippen MR) is 91.5 cm³/mol. The molecule has 1 heterocycles. The maximum atomic E-state index is 14.4. The van der Waals surface area contributed by atoms with Crippen molar-refractivity contribution in [3.63, 3.8) is 0 Å². The largest absolute Gasteiger partial charge is 0.489 e. The lowest BCUT2D eigenvalue weighted by Crippen LogP contribution is -2.29. The molecule has 0 N–H and O–H groups in total. The fourth-order valence-electron chi connectivity index (χ4n) is 2.22. The number of carbonyl (C=O) groups excluding carboxylic acids is 1. The fourth-order valence-corrected chi connectivity index (χ4v) is 2.41. The Morgan fingerprint density at radius 2 is 1.93 bits per heavy atom. The van der Waals surface area contributed by atoms with Crippen LogP contribution in [-0.4, -0.2) is 28.5 Å². The van der Waals surface area contributed by atoms with Crippen molar-refractivity contribution in [1.29, 1.82) is 0 Å². The fraction of sp³-hybridized carbons (Fsp3) is 0.353. The SMILES string of the molecule is CCOC(=O)c1nn(-c2cc(OC(C)C)c(Cl)cc2F)c(=O)cc1C(F)(F)F. The second-order valence-electron chi connectivity index (χ2n) is 5.78. The number of nitrogens with zero attached hydrogens (tertiary/aromatic N) is 2. The molecule has 0 aliphatic carbocycles. The van der Waals surface area contributed by atoms with Crippen LogP contribution in [-0.2, 0) is 10.9 Å². The summed E-state index contributed by atoms with van der Waals surface area (Å²) in [4.78, 5) is 24.1. The number of esters is 1. The van der Waals surface area contributed by atoms with Crippen molar-refractivity contribution < 1.29 is 31.8 Å². The summed E-state index contributed by atoms with van der Waals surface area (Å²) in [6, 6.07) is 1.98. The summed E-state index contributed by atoms with van der Waals surface area (Å²) in [5.74, 6) is -2.47. The first-order valence-corrected chi connectivity index (χ1v) is 8.38. The van der Waals surface area contributed by atoms with E-state index in [1.165, 1.54) is 6.92 Å². The average Bonchev–Trinajstić information content (AvgIpc) is 2.56. The van der Waals surface area contributed by atoms with Gasteiger partial charge in [0.1, 0.15) is 11.4 Å². The molecule has 0 amide bonds. The molecule has 0 spiro atoms. The number of aromatic nitrogens is 2. The molecule has 0 unspecified atom stereocenters. The van der Waals surface area contributed by atoms with Crippen molar-refractivity contribution in [2.24, 2.45) is 0 Å². The summed E-state index contributed by atoms with van der Waals surface area (Å²) in [6.07, 6.45) is -5.40. The number of carbonyl (C=O) groups is 1. The van der Waals surface area contributed by atoms with E-state index >= 15 is 0 Å². The van der Waals surface area contributed by atoms with E-state index in [0.717, 1.165) is 12.1 Å². The van der Waals surface area contributed by atoms with Gasteiger partial charge < -0.3 is 9.47 Å². The Hall–Kier alpha value is -2.62. The van der Waals surface area contributed by atoms with Crippen LogP contribution >= 0.6 is 11.6 Å². The van der Waals surface area contributed by atoms with Crippen molar-refractivity contribution in [3.05, 3.63) is 50.7 Å². The van der Waals surface area contributed by atoms with Crippen LogP contribution in [0.1, 0.15) is 36.8 Å². The number of halogens is 5. The molecule has 0 aliphatic heterocycles. The highest BCUT2D eigenvalue weighted by molar-refractivity contribution is 6.32. The third-order valence-corrected chi connectivity index (χ3v) is 3.59. The van der Waals surface area contributed by atoms with Gasteiger partial charge in [-0.25, -0.2) is 9.18 Å². The van der Waals surface area contributed by atoms with E-state index in [1.54, 1.807) is 13.8 Å². The maximum absolute atomic E-state index is 14.4. The van der Waals surface area contributed by atoms with Crippen molar-refractivity contribution in [3.8, 4) is 11.4 Å². The molecule has 6 nitrogen and oxygen atoms in total. The van der Waals surface area contributed by atoms with E-state index in [1.807, 2.05) is 0 Å². The van der Waals surface area contributed by atoms with Crippen molar-refractivity contribution in [1.82, 2.24) is 9.78 Å². The molecule has 0 saturated carbocycles. The smallest absolute Gasteiger partial charge is 0.419 e. The van der Waals surface area contributed by atoms with Gasteiger partial charge in [0.2, 0.25) is 0 Å². The Morgan fingerprint density at radius 3 is 2.46 bits per heavy atom. The van der Waals surface area contributed by atoms with Gasteiger partial charge in [0, 0.05) is 12.1 Å². The summed E-state index contributed by atoms with van der Waals surface area (Å²) in [5, 5.41) is 3.30. The summed E-state index contributed by atoms with van der Waals surface area (Å²) in [6.45, 7) is 4.50. The summed E-state index contributed by atoms with van der Waals surface area (Å²) < 4.78 is 64.2. The van der Waals surface area contributed by atoms with E-state index in [9.17, 15) is 27.2 Å². The quantitative estimate of drug-likeness (QED) is 0.538. The minimum atomic E-state index is -5.04. The Kier molecular flexibility index (Phi) is 6.33. The first-order chi connectivity index (χ1) is 13.0. The second kappa shape index (κ2) is 8.17. The Balaban J connectivity index is 2.75. The third-order valence-electron chi connectivity index (χ3n) is 3.30. The van der Waals surface area contributed by atoms with E-state index < -0.39 is 40.5 Å². The van der Waals surface area contributed by atoms with Crippen molar-refractivity contribution in [2.45, 2.75) is 33.1 Å². The Bertz CT molecular complexity index is 957. The zero-order valence-corrected chi connectivity index (χ0v) is 15.7. The molecule has 0 radical (unpaired) electrons. The lowest BCUT2D eigenvalue weighted by molar-refractivity contribution is -0.138. The van der Waals surface area contributed by atoms with Gasteiger partial charge in [-0.05, 0) is 26.8 Å². The molecule has 152 valence electrons. The Morgan fingerprint density at radius 1 is 1.29 bits per heavy atom. The Labute approximate surface area is 161 Å². The molecule has 1 aromatic carbocycles. The molecular formula is C17H15ClF4N2O4. The van der Waals surface area contributed by atoms with Crippen LogP contribution in [0.2, 0.25) is 5.02 Å². The molecule has 0 atom stereocenters. The highest BCUT2D eigenvalue weighted by Crippen LogP contribution is 2.32. The number of benzene rings is 1. The van der Waals surface area contributed by atoms with Crippen LogP contribution < -0.4 is 10.3 Å². The van der Waals surface area contributed by atoms with Crippen LogP contribution in [0, 0.1) is 5.82 Å². The van der Waals surface area contributed by atoms with Gasteiger partial charge in [0.05, 0.1) is 23.3 Å². The molecule has 0 saturated heterocycles. The van der Waals surface area contributed by atoms with Crippen LogP contribution in [0.5, 0.6) is 5.75 Å². The number of hydrogen-bond acceptors (Lipinski definition) is 5. The van der Waals surface area contributed by atoms with Gasteiger partial charge in [-0.2, -0.15) is 23.0 Å². The van der Waals surface area contributed by atoms with Gasteiger partial charge in [0.15, 0.2) is 11.5 Å². The molecule has 28 heavy (non-hydrogen) atoms. The van der Waals surface area contributed by atoms with Crippen LogP contribution in [0.3, 0.4) is 0 Å². The summed E-state index contributed by atoms with van der Waals surface area (Å²) in [7, 11) is 0. The standard InChI is InChI=1S/C17H15ClF4N2O4/c1-4-27-16(26)15-9(17(20,21)22)5-14(25)24(23-15)12-7-13(28-8(2)3)10(18)6-11(12)19/h5-8H,4H2,1-3H3. The van der Waals surface area contributed by atoms with Gasteiger partial charge in [-0.15, -0.1) is 0 Å². The lowest BCUT2D eigenvalue weighted by atomic mass is 10.2. The van der Waals surface area contributed by atoms with Crippen LogP contribution in [0.15, 0.2) is 23.0 Å². The number of ether oxygens (including phenoxy) is 2. The monoisotopic (exact) mass is 422 g/mol. The normalized spacial score (nSPS) is 11.6. The predicted octanol–water partition coefficient (Wildman–Crippen LogP) is 4.01. The highest BCUT2D eigenvalue weighted by atomic mass is 35.5. The number of hydrogen-bond donors (Lipinski definition) is 0. The van der Waals surface area contributed by atoms with E-state index in [2.05, 4.69) is 9.84 Å². The molecule has 11 heteroatoms. The first-order valence-electron chi connectivity index (χ1n) is 8.00. The second-order valence-corrected chi connectivity index (χ2v) is 6.18. The van der Waals surface area contributed by atoms with E-state index in [4.69, 9.17) is 16.3 Å². The topological polar surface area (TPSA) is 70.4 Å². The molecular weight excluding hydrogens is 408 g/mol. The van der Waals surface area contributed by atoms with Crippen LogP contribution in [0.4, 0.5) is 17.6 Å². The molecule has 0 aliphatic rings. The molecule has 2 rings (SSSR count). The summed E-state index contributed by atoms with van der Waals surface area (Å²) in [5.41, 5.74) is -4.60. The molecule has 0 bridgehead atoms. The minimum Gasteiger partial charge on any atom is -0.489 e. The molecule has 2 aromatic rings. The first kappa shape index (κ1) is 21.7. The zero-order valence-electron chi connectivity index (χ0n) is 14.9. The zero-order chi connectivity index (χ0) is 21.2. The van der Waals surface area contributed by atoms with Gasteiger partial charge >= 0.3 is 12.1 Å². The van der Waals surface area contributed by atoms with Crippen molar-refractivity contribution in [2.75, 3.05) is 6.61 Å². The van der Waals surface area contributed by atoms with Crippen LogP contribution in [0.25, 0.3) is 5.69 Å². The van der Waals surface area contributed by atoms with E-state index in [-0.39, 0.29) is 29.5 Å². The third kappa shape index (κ3) is 4.61.